The Morgan fingerprint density at radius 1 is 1.26 bits per heavy atom. The van der Waals surface area contributed by atoms with Crippen molar-refractivity contribution < 1.29 is 4.74 Å². The number of morpholine rings is 1. The minimum Gasteiger partial charge on any atom is -0.377 e. The van der Waals surface area contributed by atoms with Gasteiger partial charge in [-0.3, -0.25) is 0 Å². The van der Waals surface area contributed by atoms with Gasteiger partial charge >= 0.3 is 0 Å². The van der Waals surface area contributed by atoms with Gasteiger partial charge in [0.1, 0.15) is 12.1 Å². The summed E-state index contributed by atoms with van der Waals surface area (Å²) in [6, 6.07) is 0.246. The van der Waals surface area contributed by atoms with Crippen LogP contribution in [0, 0.1) is 0 Å². The number of nitrogens with zero attached hydrogens (tertiary/aromatic N) is 3. The molecule has 0 spiro atoms. The predicted molar refractivity (Wildman–Crippen MR) is 74.3 cm³/mol. The van der Waals surface area contributed by atoms with Gasteiger partial charge in [0.15, 0.2) is 0 Å². The van der Waals surface area contributed by atoms with E-state index in [9.17, 15) is 0 Å². The van der Waals surface area contributed by atoms with Crippen molar-refractivity contribution >= 4 is 5.82 Å². The van der Waals surface area contributed by atoms with Crippen molar-refractivity contribution in [3.63, 3.8) is 0 Å². The molecule has 0 saturated carbocycles. The molecule has 1 unspecified atom stereocenters. The molecule has 1 fully saturated rings. The van der Waals surface area contributed by atoms with E-state index in [0.717, 1.165) is 31.8 Å². The van der Waals surface area contributed by atoms with Crippen LogP contribution in [0.1, 0.15) is 30.5 Å². The van der Waals surface area contributed by atoms with E-state index in [1.165, 1.54) is 30.5 Å². The monoisotopic (exact) mass is 262 g/mol. The largest absolute Gasteiger partial charge is 0.377 e. The van der Waals surface area contributed by atoms with Gasteiger partial charge in [-0.2, -0.15) is 0 Å². The fraction of sp³-hybridized carbons (Fsp3) is 0.714. The number of anilines is 1. The molecule has 0 aromatic carbocycles. The van der Waals surface area contributed by atoms with Crippen molar-refractivity contribution in [3.05, 3.63) is 17.6 Å². The van der Waals surface area contributed by atoms with Gasteiger partial charge in [-0.15, -0.1) is 0 Å². The Bertz CT molecular complexity index is 437. The van der Waals surface area contributed by atoms with Crippen molar-refractivity contribution in [1.29, 1.82) is 0 Å². The Kier molecular flexibility index (Phi) is 3.94. The van der Waals surface area contributed by atoms with Gasteiger partial charge in [-0.25, -0.2) is 9.97 Å². The van der Waals surface area contributed by atoms with E-state index in [2.05, 4.69) is 14.9 Å². The summed E-state index contributed by atoms with van der Waals surface area (Å²) in [4.78, 5) is 11.4. The number of fused-ring (bicyclic) bond motifs is 1. The lowest BCUT2D eigenvalue weighted by Gasteiger charge is -2.37. The van der Waals surface area contributed by atoms with E-state index >= 15 is 0 Å². The molecule has 3 rings (SSSR count). The highest BCUT2D eigenvalue weighted by Gasteiger charge is 2.26. The summed E-state index contributed by atoms with van der Waals surface area (Å²) in [5, 5.41) is 0. The fourth-order valence-corrected chi connectivity index (χ4v) is 3.06. The number of aryl methyl sites for hydroxylation is 1. The van der Waals surface area contributed by atoms with Crippen molar-refractivity contribution in [2.75, 3.05) is 31.2 Å². The zero-order valence-corrected chi connectivity index (χ0v) is 11.3. The maximum atomic E-state index is 5.87. The Morgan fingerprint density at radius 2 is 2.16 bits per heavy atom. The van der Waals surface area contributed by atoms with Crippen LogP contribution in [0.25, 0.3) is 0 Å². The summed E-state index contributed by atoms with van der Waals surface area (Å²) >= 11 is 0. The van der Waals surface area contributed by atoms with Crippen molar-refractivity contribution in [2.24, 2.45) is 5.73 Å². The second-order valence-corrected chi connectivity index (χ2v) is 5.34. The Hall–Kier alpha value is -1.20. The lowest BCUT2D eigenvalue weighted by atomic mass is 10.1. The van der Waals surface area contributed by atoms with E-state index in [1.807, 2.05) is 0 Å². The first-order valence-corrected chi connectivity index (χ1v) is 7.27. The lowest BCUT2D eigenvalue weighted by molar-refractivity contribution is 0.0957. The predicted octanol–water partition coefficient (Wildman–Crippen LogP) is 0.909. The maximum Gasteiger partial charge on any atom is 0.135 e. The molecule has 2 aliphatic rings. The van der Waals surface area contributed by atoms with Crippen LogP contribution in [0.5, 0.6) is 0 Å². The molecule has 1 aromatic rings. The Labute approximate surface area is 114 Å². The Morgan fingerprint density at radius 3 is 3.05 bits per heavy atom. The van der Waals surface area contributed by atoms with Gasteiger partial charge in [-0.05, 0) is 25.7 Å². The zero-order chi connectivity index (χ0) is 13.1. The number of hydrogen-bond donors (Lipinski definition) is 1. The Balaban J connectivity index is 1.95. The van der Waals surface area contributed by atoms with E-state index in [4.69, 9.17) is 10.5 Å². The summed E-state index contributed by atoms with van der Waals surface area (Å²) < 4.78 is 5.53. The molecule has 0 radical (unpaired) electrons. The van der Waals surface area contributed by atoms with Crippen LogP contribution in [0.15, 0.2) is 6.33 Å². The highest BCUT2D eigenvalue weighted by molar-refractivity contribution is 5.50. The van der Waals surface area contributed by atoms with Gasteiger partial charge in [-0.1, -0.05) is 6.42 Å². The van der Waals surface area contributed by atoms with Gasteiger partial charge in [0.25, 0.3) is 0 Å². The van der Waals surface area contributed by atoms with Crippen LogP contribution in [-0.4, -0.2) is 42.3 Å². The molecule has 1 atom stereocenters. The summed E-state index contributed by atoms with van der Waals surface area (Å²) in [5.74, 6) is 1.10. The second kappa shape index (κ2) is 5.84. The molecule has 5 nitrogen and oxygen atoms in total. The summed E-state index contributed by atoms with van der Waals surface area (Å²) in [6.45, 7) is 2.95. The zero-order valence-electron chi connectivity index (χ0n) is 11.3. The highest BCUT2D eigenvalue weighted by atomic mass is 16.5. The summed E-state index contributed by atoms with van der Waals surface area (Å²) in [5.41, 5.74) is 8.46. The normalized spacial score (nSPS) is 23.8. The molecular weight excluding hydrogens is 240 g/mol. The average molecular weight is 262 g/mol. The smallest absolute Gasteiger partial charge is 0.135 e. The third-order valence-electron chi connectivity index (χ3n) is 4.12. The van der Waals surface area contributed by atoms with Crippen molar-refractivity contribution in [2.45, 2.75) is 38.1 Å². The minimum atomic E-state index is 0.246. The summed E-state index contributed by atoms with van der Waals surface area (Å²) in [6.07, 6.45) is 7.67. The molecule has 19 heavy (non-hydrogen) atoms. The first-order chi connectivity index (χ1) is 9.40. The van der Waals surface area contributed by atoms with Crippen LogP contribution >= 0.6 is 0 Å². The number of nitrogens with two attached hydrogens (primary N) is 1. The SMILES string of the molecule is NCC1COCCN1c1ncnc2c1CCCCC2. The highest BCUT2D eigenvalue weighted by Crippen LogP contribution is 2.28. The first kappa shape index (κ1) is 12.8. The molecule has 104 valence electrons. The van der Waals surface area contributed by atoms with Crippen molar-refractivity contribution in [3.8, 4) is 0 Å². The first-order valence-electron chi connectivity index (χ1n) is 7.27. The van der Waals surface area contributed by atoms with Crippen LogP contribution < -0.4 is 10.6 Å². The number of aromatic nitrogens is 2. The topological polar surface area (TPSA) is 64.3 Å². The molecule has 1 aliphatic heterocycles. The maximum absolute atomic E-state index is 5.87. The molecule has 5 heteroatoms. The molecule has 2 N–H and O–H groups in total. The van der Waals surface area contributed by atoms with Crippen LogP contribution in [0.3, 0.4) is 0 Å². The average Bonchev–Trinajstić information content (AvgIpc) is 2.72. The molecule has 1 aliphatic carbocycles. The molecule has 1 saturated heterocycles. The number of hydrogen-bond acceptors (Lipinski definition) is 5. The van der Waals surface area contributed by atoms with Gasteiger partial charge in [0.05, 0.1) is 19.3 Å². The fourth-order valence-electron chi connectivity index (χ4n) is 3.06. The summed E-state index contributed by atoms with van der Waals surface area (Å²) in [7, 11) is 0. The molecule has 2 heterocycles. The molecular formula is C14H22N4O. The van der Waals surface area contributed by atoms with Gasteiger partial charge in [0, 0.05) is 24.3 Å². The van der Waals surface area contributed by atoms with Crippen LogP contribution in [0.2, 0.25) is 0 Å². The molecule has 1 aromatic heterocycles. The van der Waals surface area contributed by atoms with E-state index < -0.39 is 0 Å². The van der Waals surface area contributed by atoms with E-state index in [1.54, 1.807) is 6.33 Å². The number of rotatable bonds is 2. The van der Waals surface area contributed by atoms with Crippen LogP contribution in [-0.2, 0) is 17.6 Å². The molecule has 0 amide bonds. The van der Waals surface area contributed by atoms with Gasteiger partial charge < -0.3 is 15.4 Å². The third kappa shape index (κ3) is 2.58. The van der Waals surface area contributed by atoms with E-state index in [0.29, 0.717) is 13.2 Å². The second-order valence-electron chi connectivity index (χ2n) is 5.34. The third-order valence-corrected chi connectivity index (χ3v) is 4.12. The molecule has 0 bridgehead atoms. The standard InChI is InChI=1S/C14H22N4O/c15-8-11-9-19-7-6-18(11)14-12-4-2-1-3-5-13(12)16-10-17-14/h10-11H,1-9,15H2. The quantitative estimate of drug-likeness (QED) is 0.803. The van der Waals surface area contributed by atoms with Gasteiger partial charge in [0.2, 0.25) is 0 Å². The minimum absolute atomic E-state index is 0.246. The van der Waals surface area contributed by atoms with Crippen molar-refractivity contribution in [1.82, 2.24) is 9.97 Å². The van der Waals surface area contributed by atoms with Crippen LogP contribution in [0.4, 0.5) is 5.82 Å². The lowest BCUT2D eigenvalue weighted by Crippen LogP contribution is -2.50. The number of ether oxygens (including phenoxy) is 1. The van der Waals surface area contributed by atoms with E-state index in [-0.39, 0.29) is 6.04 Å².